The second-order valence-corrected chi connectivity index (χ2v) is 11.3. The second kappa shape index (κ2) is 13.5. The number of aryl methyl sites for hydroxylation is 1. The van der Waals surface area contributed by atoms with Crippen LogP contribution < -0.4 is 15.4 Å². The molecule has 4 rings (SSSR count). The molecule has 1 amide bonds. The number of amides is 1. The molecule has 1 aromatic heterocycles. The second-order valence-electron chi connectivity index (χ2n) is 9.58. The SMILES string of the molecule is CCc1cccc(CNC[C@H](O)[C@H](Cc2cc(F)cc(F)c2)NC(=O)c2cccc(NS(=O)(=O)c3ccoc3)c2)c1. The Morgan fingerprint density at radius 3 is 2.39 bits per heavy atom. The number of halogens is 2. The number of sulfonamides is 1. The first kappa shape index (κ1) is 29.9. The number of furan rings is 1. The number of hydrogen-bond donors (Lipinski definition) is 4. The summed E-state index contributed by atoms with van der Waals surface area (Å²) in [5, 5.41) is 16.9. The van der Waals surface area contributed by atoms with Gasteiger partial charge in [0.1, 0.15) is 22.8 Å². The van der Waals surface area contributed by atoms with Crippen LogP contribution in [0.25, 0.3) is 0 Å². The molecule has 0 aliphatic rings. The smallest absolute Gasteiger partial charge is 0.265 e. The molecule has 0 aliphatic carbocycles. The highest BCUT2D eigenvalue weighted by molar-refractivity contribution is 7.92. The molecule has 8 nitrogen and oxygen atoms in total. The van der Waals surface area contributed by atoms with E-state index in [2.05, 4.69) is 28.3 Å². The monoisotopic (exact) mass is 583 g/mol. The number of hydrogen-bond acceptors (Lipinski definition) is 6. The first-order chi connectivity index (χ1) is 19.6. The topological polar surface area (TPSA) is 121 Å². The largest absolute Gasteiger partial charge is 0.471 e. The molecule has 4 N–H and O–H groups in total. The fraction of sp³-hybridized carbons (Fsp3) is 0.233. The number of rotatable bonds is 13. The third kappa shape index (κ3) is 8.46. The van der Waals surface area contributed by atoms with Crippen molar-refractivity contribution in [2.24, 2.45) is 0 Å². The van der Waals surface area contributed by atoms with E-state index in [9.17, 15) is 27.1 Å². The van der Waals surface area contributed by atoms with Crippen molar-refractivity contribution >= 4 is 21.6 Å². The van der Waals surface area contributed by atoms with Crippen LogP contribution in [0.4, 0.5) is 14.5 Å². The summed E-state index contributed by atoms with van der Waals surface area (Å²) in [5.74, 6) is -2.15. The van der Waals surface area contributed by atoms with Gasteiger partial charge in [-0.2, -0.15) is 0 Å². The molecule has 0 aliphatic heterocycles. The van der Waals surface area contributed by atoms with Gasteiger partial charge in [0.25, 0.3) is 15.9 Å². The average molecular weight is 584 g/mol. The van der Waals surface area contributed by atoms with E-state index in [0.29, 0.717) is 6.54 Å². The summed E-state index contributed by atoms with van der Waals surface area (Å²) in [6, 6.07) is 17.2. The number of nitrogens with one attached hydrogen (secondary N) is 3. The zero-order valence-corrected chi connectivity index (χ0v) is 23.1. The van der Waals surface area contributed by atoms with Gasteiger partial charge in [-0.1, -0.05) is 37.3 Å². The third-order valence-corrected chi connectivity index (χ3v) is 7.78. The van der Waals surface area contributed by atoms with Crippen molar-refractivity contribution < 1.29 is 31.5 Å². The fourth-order valence-electron chi connectivity index (χ4n) is 4.33. The Hall–Kier alpha value is -4.06. The molecule has 4 aromatic rings. The number of carbonyl (C=O) groups excluding carboxylic acids is 1. The van der Waals surface area contributed by atoms with Gasteiger partial charge in [0.2, 0.25) is 0 Å². The van der Waals surface area contributed by atoms with Crippen molar-refractivity contribution in [1.82, 2.24) is 10.6 Å². The molecule has 2 atom stereocenters. The highest BCUT2D eigenvalue weighted by Crippen LogP contribution is 2.18. The minimum Gasteiger partial charge on any atom is -0.471 e. The molecule has 0 spiro atoms. The molecule has 0 radical (unpaired) electrons. The van der Waals surface area contributed by atoms with Crippen LogP contribution in [0.5, 0.6) is 0 Å². The van der Waals surface area contributed by atoms with Crippen LogP contribution >= 0.6 is 0 Å². The van der Waals surface area contributed by atoms with E-state index in [1.54, 1.807) is 0 Å². The lowest BCUT2D eigenvalue weighted by Gasteiger charge is -2.25. The summed E-state index contributed by atoms with van der Waals surface area (Å²) in [4.78, 5) is 13.1. The number of anilines is 1. The minimum atomic E-state index is -3.93. The Balaban J connectivity index is 1.48. The molecule has 3 aromatic carbocycles. The molecule has 0 saturated heterocycles. The highest BCUT2D eigenvalue weighted by atomic mass is 32.2. The minimum absolute atomic E-state index is 0.0542. The van der Waals surface area contributed by atoms with Gasteiger partial charge in [-0.25, -0.2) is 17.2 Å². The van der Waals surface area contributed by atoms with Crippen LogP contribution in [0.1, 0.15) is 34.0 Å². The van der Waals surface area contributed by atoms with Crippen molar-refractivity contribution in [3.8, 4) is 0 Å². The Morgan fingerprint density at radius 1 is 0.951 bits per heavy atom. The Bertz CT molecular complexity index is 1560. The molecule has 11 heteroatoms. The lowest BCUT2D eigenvalue weighted by molar-refractivity contribution is 0.0830. The van der Waals surface area contributed by atoms with Crippen LogP contribution in [0.15, 0.2) is 94.6 Å². The first-order valence-corrected chi connectivity index (χ1v) is 14.5. The van der Waals surface area contributed by atoms with Gasteiger partial charge >= 0.3 is 0 Å². The summed E-state index contributed by atoms with van der Waals surface area (Å²) in [6.45, 7) is 2.62. The summed E-state index contributed by atoms with van der Waals surface area (Å²) in [5.41, 5.74) is 2.71. The van der Waals surface area contributed by atoms with E-state index >= 15 is 0 Å². The molecule has 0 bridgehead atoms. The Morgan fingerprint density at radius 2 is 1.68 bits per heavy atom. The Kier molecular flexibility index (Phi) is 9.87. The van der Waals surface area contributed by atoms with Gasteiger partial charge in [-0.05, 0) is 65.9 Å². The quantitative estimate of drug-likeness (QED) is 0.185. The number of aliphatic hydroxyl groups excluding tert-OH is 1. The van der Waals surface area contributed by atoms with Crippen LogP contribution in [-0.2, 0) is 29.4 Å². The Labute approximate surface area is 237 Å². The van der Waals surface area contributed by atoms with Gasteiger partial charge in [-0.15, -0.1) is 0 Å². The lowest BCUT2D eigenvalue weighted by Crippen LogP contribution is -2.48. The van der Waals surface area contributed by atoms with Crippen molar-refractivity contribution in [1.29, 1.82) is 0 Å². The van der Waals surface area contributed by atoms with E-state index in [-0.39, 0.29) is 34.7 Å². The van der Waals surface area contributed by atoms with E-state index in [0.717, 1.165) is 36.4 Å². The lowest BCUT2D eigenvalue weighted by atomic mass is 10.00. The third-order valence-electron chi connectivity index (χ3n) is 6.42. The van der Waals surface area contributed by atoms with Gasteiger partial charge in [0.15, 0.2) is 0 Å². The van der Waals surface area contributed by atoms with Gasteiger partial charge in [0.05, 0.1) is 18.4 Å². The standard InChI is InChI=1S/C30H31F2N3O5S/c1-2-20-5-3-6-21(11-20)17-33-18-29(36)28(14-22-12-24(31)16-25(32)13-22)34-30(37)23-7-4-8-26(15-23)35-41(38,39)27-9-10-40-19-27/h3-13,15-16,19,28-29,33,35-36H,2,14,17-18H2,1H3,(H,34,37)/t28-,29-/m0/s1. The predicted octanol–water partition coefficient (Wildman–Crippen LogP) is 4.41. The summed E-state index contributed by atoms with van der Waals surface area (Å²) in [6.07, 6.45) is 2.02. The van der Waals surface area contributed by atoms with E-state index in [1.807, 2.05) is 18.2 Å². The molecule has 0 unspecified atom stereocenters. The van der Waals surface area contributed by atoms with Crippen LogP contribution in [-0.4, -0.2) is 38.1 Å². The molecule has 0 fully saturated rings. The van der Waals surface area contributed by atoms with Crippen molar-refractivity contribution in [3.05, 3.63) is 119 Å². The van der Waals surface area contributed by atoms with Gasteiger partial charge in [-0.3, -0.25) is 9.52 Å². The highest BCUT2D eigenvalue weighted by Gasteiger charge is 2.24. The van der Waals surface area contributed by atoms with Crippen LogP contribution in [0.2, 0.25) is 0 Å². The molecule has 1 heterocycles. The predicted molar refractivity (Wildman–Crippen MR) is 151 cm³/mol. The first-order valence-electron chi connectivity index (χ1n) is 13.0. The van der Waals surface area contributed by atoms with E-state index in [4.69, 9.17) is 4.42 Å². The number of benzene rings is 3. The van der Waals surface area contributed by atoms with Crippen LogP contribution in [0.3, 0.4) is 0 Å². The van der Waals surface area contributed by atoms with Gasteiger partial charge < -0.3 is 20.2 Å². The fourth-order valence-corrected chi connectivity index (χ4v) is 5.30. The van der Waals surface area contributed by atoms with Crippen LogP contribution in [0, 0.1) is 11.6 Å². The maximum Gasteiger partial charge on any atom is 0.265 e. The zero-order chi connectivity index (χ0) is 29.4. The van der Waals surface area contributed by atoms with Crippen molar-refractivity contribution in [3.63, 3.8) is 0 Å². The number of carbonyl (C=O) groups is 1. The average Bonchev–Trinajstić information content (AvgIpc) is 3.49. The molecule has 216 valence electrons. The zero-order valence-electron chi connectivity index (χ0n) is 22.3. The van der Waals surface area contributed by atoms with Gasteiger partial charge in [0, 0.05) is 30.4 Å². The van der Waals surface area contributed by atoms with Crippen molar-refractivity contribution in [2.75, 3.05) is 11.3 Å². The molecular weight excluding hydrogens is 552 g/mol. The summed E-state index contributed by atoms with van der Waals surface area (Å²) >= 11 is 0. The normalized spacial score (nSPS) is 13.0. The summed E-state index contributed by atoms with van der Waals surface area (Å²) < 4.78 is 60.0. The summed E-state index contributed by atoms with van der Waals surface area (Å²) in [7, 11) is -3.93. The molecule has 0 saturated carbocycles. The van der Waals surface area contributed by atoms with E-state index in [1.165, 1.54) is 42.2 Å². The van der Waals surface area contributed by atoms with E-state index < -0.39 is 39.7 Å². The molecule has 41 heavy (non-hydrogen) atoms. The maximum atomic E-state index is 13.9. The van der Waals surface area contributed by atoms with Crippen molar-refractivity contribution in [2.45, 2.75) is 43.4 Å². The maximum absolute atomic E-state index is 13.9. The number of aliphatic hydroxyl groups is 1. The molecular formula is C30H31F2N3O5S.